The second-order valence-corrected chi connectivity index (χ2v) is 7.49. The summed E-state index contributed by atoms with van der Waals surface area (Å²) in [6.07, 6.45) is -0.677. The summed E-state index contributed by atoms with van der Waals surface area (Å²) in [5, 5.41) is 10.7. The summed E-state index contributed by atoms with van der Waals surface area (Å²) >= 11 is 0. The maximum atomic E-state index is 13.6. The van der Waals surface area contributed by atoms with E-state index in [1.165, 1.54) is 12.1 Å². The Bertz CT molecular complexity index is 964. The molecule has 152 valence electrons. The van der Waals surface area contributed by atoms with Crippen LogP contribution in [0.25, 0.3) is 11.5 Å². The van der Waals surface area contributed by atoms with Crippen molar-refractivity contribution in [3.05, 3.63) is 71.6 Å². The molecule has 1 N–H and O–H groups in total. The first-order chi connectivity index (χ1) is 13.7. The van der Waals surface area contributed by atoms with Crippen molar-refractivity contribution in [1.29, 1.82) is 0 Å². The van der Waals surface area contributed by atoms with Gasteiger partial charge in [-0.05, 0) is 50.6 Å². The Morgan fingerprint density at radius 1 is 1.10 bits per heavy atom. The first-order valence-corrected chi connectivity index (χ1v) is 9.03. The molecule has 1 heterocycles. The van der Waals surface area contributed by atoms with Crippen LogP contribution in [0.3, 0.4) is 0 Å². The lowest BCUT2D eigenvalue weighted by Crippen LogP contribution is -2.36. The number of hydrogen-bond acceptors (Lipinski definition) is 5. The zero-order chi connectivity index (χ0) is 21.0. The molecule has 8 heteroatoms. The van der Waals surface area contributed by atoms with Crippen LogP contribution in [0.15, 0.2) is 52.9 Å². The molecular weight excluding hydrogens is 380 g/mol. The third-order valence-electron chi connectivity index (χ3n) is 3.81. The first kappa shape index (κ1) is 20.4. The summed E-state index contributed by atoms with van der Waals surface area (Å²) < 4.78 is 38.2. The Hall–Kier alpha value is -3.29. The van der Waals surface area contributed by atoms with Gasteiger partial charge >= 0.3 is 6.09 Å². The third kappa shape index (κ3) is 5.84. The number of ether oxygens (including phenoxy) is 1. The van der Waals surface area contributed by atoms with Gasteiger partial charge in [0, 0.05) is 18.1 Å². The third-order valence-corrected chi connectivity index (χ3v) is 3.81. The molecule has 0 fully saturated rings. The van der Waals surface area contributed by atoms with E-state index in [2.05, 4.69) is 15.5 Å². The number of nitrogens with one attached hydrogen (secondary N) is 1. The molecule has 3 rings (SSSR count). The fraction of sp³-hybridized carbons (Fsp3) is 0.286. The monoisotopic (exact) mass is 401 g/mol. The van der Waals surface area contributed by atoms with E-state index >= 15 is 0 Å². The highest BCUT2D eigenvalue weighted by molar-refractivity contribution is 5.68. The van der Waals surface area contributed by atoms with E-state index in [0.717, 1.165) is 6.07 Å². The van der Waals surface area contributed by atoms with Crippen molar-refractivity contribution < 1.29 is 22.7 Å². The molecule has 0 spiro atoms. The predicted molar refractivity (Wildman–Crippen MR) is 102 cm³/mol. The van der Waals surface area contributed by atoms with Gasteiger partial charge in [-0.2, -0.15) is 0 Å². The van der Waals surface area contributed by atoms with Gasteiger partial charge in [-0.3, -0.25) is 0 Å². The zero-order valence-corrected chi connectivity index (χ0v) is 16.3. The Balaban J connectivity index is 1.88. The molecule has 1 atom stereocenters. The molecular formula is C21H21F2N3O3. The van der Waals surface area contributed by atoms with Crippen LogP contribution in [0.2, 0.25) is 0 Å². The van der Waals surface area contributed by atoms with Crippen LogP contribution in [0.1, 0.15) is 38.3 Å². The number of carbonyl (C=O) groups is 1. The molecule has 0 radical (unpaired) electrons. The highest BCUT2D eigenvalue weighted by atomic mass is 19.1. The molecule has 29 heavy (non-hydrogen) atoms. The molecule has 1 aromatic heterocycles. The van der Waals surface area contributed by atoms with Gasteiger partial charge in [0.05, 0.1) is 0 Å². The molecule has 1 amide bonds. The summed E-state index contributed by atoms with van der Waals surface area (Å²) in [5.41, 5.74) is 0.311. The van der Waals surface area contributed by atoms with Crippen LogP contribution in [0.4, 0.5) is 13.6 Å². The summed E-state index contributed by atoms with van der Waals surface area (Å²) in [6.45, 7) is 5.18. The number of carbonyl (C=O) groups excluding carboxylic acids is 1. The quantitative estimate of drug-likeness (QED) is 0.663. The van der Waals surface area contributed by atoms with Crippen LogP contribution in [0, 0.1) is 11.6 Å². The Morgan fingerprint density at radius 3 is 2.38 bits per heavy atom. The smallest absolute Gasteiger partial charge is 0.408 e. The van der Waals surface area contributed by atoms with Gasteiger partial charge in [0.15, 0.2) is 0 Å². The highest BCUT2D eigenvalue weighted by Gasteiger charge is 2.25. The van der Waals surface area contributed by atoms with E-state index in [1.807, 2.05) is 18.2 Å². The van der Waals surface area contributed by atoms with Gasteiger partial charge in [0.25, 0.3) is 0 Å². The van der Waals surface area contributed by atoms with Crippen LogP contribution < -0.4 is 5.32 Å². The number of rotatable bonds is 5. The number of nitrogens with zero attached hydrogens (tertiary/aromatic N) is 2. The molecule has 0 aliphatic carbocycles. The minimum absolute atomic E-state index is 0.0321. The molecule has 0 saturated carbocycles. The molecule has 3 aromatic rings. The van der Waals surface area contributed by atoms with Gasteiger partial charge in [0.1, 0.15) is 23.3 Å². The van der Waals surface area contributed by atoms with E-state index in [9.17, 15) is 13.6 Å². The average Bonchev–Trinajstić information content (AvgIpc) is 3.09. The normalized spacial score (nSPS) is 12.4. The van der Waals surface area contributed by atoms with Gasteiger partial charge in [0.2, 0.25) is 11.8 Å². The van der Waals surface area contributed by atoms with Crippen molar-refractivity contribution in [3.63, 3.8) is 0 Å². The van der Waals surface area contributed by atoms with E-state index < -0.39 is 29.4 Å². The van der Waals surface area contributed by atoms with E-state index in [0.29, 0.717) is 11.1 Å². The second-order valence-electron chi connectivity index (χ2n) is 7.49. The lowest BCUT2D eigenvalue weighted by Gasteiger charge is -2.22. The molecule has 0 aliphatic rings. The van der Waals surface area contributed by atoms with Gasteiger partial charge in [-0.15, -0.1) is 10.2 Å². The minimum Gasteiger partial charge on any atom is -0.444 e. The SMILES string of the molecule is CC(C)(C)OC(=O)N[C@@H](Cc1cc(F)cc(F)c1)c1nnc(-c2ccccc2)o1. The largest absolute Gasteiger partial charge is 0.444 e. The number of aromatic nitrogens is 2. The summed E-state index contributed by atoms with van der Waals surface area (Å²) in [6, 6.07) is 11.4. The molecule has 0 saturated heterocycles. The van der Waals surface area contributed by atoms with Gasteiger partial charge in [-0.25, -0.2) is 13.6 Å². The Kier molecular flexibility index (Phi) is 5.91. The van der Waals surface area contributed by atoms with Crippen LogP contribution in [-0.4, -0.2) is 21.9 Å². The van der Waals surface area contributed by atoms with Gasteiger partial charge < -0.3 is 14.5 Å². The predicted octanol–water partition coefficient (Wildman–Crippen LogP) is 4.82. The summed E-state index contributed by atoms with van der Waals surface area (Å²) in [7, 11) is 0. The van der Waals surface area contributed by atoms with Crippen LogP contribution >= 0.6 is 0 Å². The van der Waals surface area contributed by atoms with E-state index in [1.54, 1.807) is 32.9 Å². The molecule has 0 aliphatic heterocycles. The number of halogens is 2. The van der Waals surface area contributed by atoms with Gasteiger partial charge in [-0.1, -0.05) is 18.2 Å². The molecule has 0 bridgehead atoms. The zero-order valence-electron chi connectivity index (χ0n) is 16.3. The van der Waals surface area contributed by atoms with E-state index in [4.69, 9.17) is 9.15 Å². The number of benzene rings is 2. The minimum atomic E-state index is -0.837. The topological polar surface area (TPSA) is 77.2 Å². The standard InChI is InChI=1S/C21H21F2N3O3/c1-21(2,3)29-20(27)24-17(11-13-9-15(22)12-16(23)10-13)19-26-25-18(28-19)14-7-5-4-6-8-14/h4-10,12,17H,11H2,1-3H3,(H,24,27)/t17-/m0/s1. The number of alkyl carbamates (subject to hydrolysis) is 1. The van der Waals surface area contributed by atoms with E-state index in [-0.39, 0.29) is 18.2 Å². The van der Waals surface area contributed by atoms with Crippen molar-refractivity contribution in [2.75, 3.05) is 0 Å². The average molecular weight is 401 g/mol. The number of amides is 1. The Morgan fingerprint density at radius 2 is 1.76 bits per heavy atom. The van der Waals surface area contributed by atoms with Crippen molar-refractivity contribution in [2.45, 2.75) is 38.8 Å². The van der Waals surface area contributed by atoms with Crippen molar-refractivity contribution in [3.8, 4) is 11.5 Å². The second kappa shape index (κ2) is 8.38. The highest BCUT2D eigenvalue weighted by Crippen LogP contribution is 2.24. The Labute approximate surface area is 166 Å². The molecule has 0 unspecified atom stereocenters. The molecule has 6 nitrogen and oxygen atoms in total. The van der Waals surface area contributed by atoms with Crippen molar-refractivity contribution in [2.24, 2.45) is 0 Å². The molecule has 2 aromatic carbocycles. The fourth-order valence-electron chi connectivity index (χ4n) is 2.69. The first-order valence-electron chi connectivity index (χ1n) is 9.03. The maximum Gasteiger partial charge on any atom is 0.408 e. The maximum absolute atomic E-state index is 13.6. The van der Waals surface area contributed by atoms with Crippen LogP contribution in [-0.2, 0) is 11.2 Å². The van der Waals surface area contributed by atoms with Crippen LogP contribution in [0.5, 0.6) is 0 Å². The fourth-order valence-corrected chi connectivity index (χ4v) is 2.69. The summed E-state index contributed by atoms with van der Waals surface area (Å²) in [4.78, 5) is 12.3. The lowest BCUT2D eigenvalue weighted by molar-refractivity contribution is 0.0495. The lowest BCUT2D eigenvalue weighted by atomic mass is 10.1. The van der Waals surface area contributed by atoms with Crippen molar-refractivity contribution >= 4 is 6.09 Å². The summed E-state index contributed by atoms with van der Waals surface area (Å²) in [5.74, 6) is -1.07. The number of hydrogen-bond donors (Lipinski definition) is 1. The van der Waals surface area contributed by atoms with Crippen molar-refractivity contribution in [1.82, 2.24) is 15.5 Å².